The van der Waals surface area contributed by atoms with E-state index >= 15 is 0 Å². The average molecular weight is 222 g/mol. The maximum Gasteiger partial charge on any atom is 0.119 e. The Hall–Kier alpha value is -1.18. The third-order valence-corrected chi connectivity index (χ3v) is 2.36. The summed E-state index contributed by atoms with van der Waals surface area (Å²) in [5.41, 5.74) is 0. The number of hydrogen-bond acceptors (Lipinski definition) is 2. The number of rotatable bonds is 8. The monoisotopic (exact) mass is 222 g/mol. The largest absolute Gasteiger partial charge is 0.494 e. The topological polar surface area (TPSA) is 18.5 Å². The molecule has 0 heterocycles. The van der Waals surface area contributed by atoms with Gasteiger partial charge in [-0.15, -0.1) is 0 Å². The summed E-state index contributed by atoms with van der Waals surface area (Å²) < 4.78 is 11.1. The van der Waals surface area contributed by atoms with Crippen molar-refractivity contribution in [3.63, 3.8) is 0 Å². The van der Waals surface area contributed by atoms with Crippen LogP contribution in [0.15, 0.2) is 24.3 Å². The molecule has 2 nitrogen and oxygen atoms in total. The molecule has 0 aliphatic heterocycles. The molecule has 0 aliphatic rings. The Kier molecular flexibility index (Phi) is 6.47. The van der Waals surface area contributed by atoms with Crippen molar-refractivity contribution >= 4 is 0 Å². The van der Waals surface area contributed by atoms with Gasteiger partial charge in [-0.2, -0.15) is 0 Å². The fourth-order valence-electron chi connectivity index (χ4n) is 1.30. The molecule has 0 fully saturated rings. The zero-order valence-electron chi connectivity index (χ0n) is 10.4. The number of ether oxygens (including phenoxy) is 2. The molecule has 0 saturated heterocycles. The number of hydrogen-bond donors (Lipinski definition) is 0. The Labute approximate surface area is 98.6 Å². The van der Waals surface area contributed by atoms with E-state index in [0.29, 0.717) is 0 Å². The second-order valence-corrected chi connectivity index (χ2v) is 3.88. The van der Waals surface area contributed by atoms with Crippen molar-refractivity contribution in [3.05, 3.63) is 24.3 Å². The van der Waals surface area contributed by atoms with Gasteiger partial charge in [-0.3, -0.25) is 0 Å². The summed E-state index contributed by atoms with van der Waals surface area (Å²) >= 11 is 0. The predicted molar refractivity (Wildman–Crippen MR) is 67.2 cm³/mol. The van der Waals surface area contributed by atoms with E-state index in [-0.39, 0.29) is 0 Å². The Morgan fingerprint density at radius 3 is 1.44 bits per heavy atom. The van der Waals surface area contributed by atoms with Crippen LogP contribution in [0.25, 0.3) is 0 Å². The van der Waals surface area contributed by atoms with Gasteiger partial charge in [-0.05, 0) is 37.1 Å². The first-order valence-electron chi connectivity index (χ1n) is 6.22. The highest BCUT2D eigenvalue weighted by Crippen LogP contribution is 2.18. The molecule has 1 rings (SSSR count). The molecular formula is C14H22O2. The molecule has 0 N–H and O–H groups in total. The molecule has 0 spiro atoms. The second kappa shape index (κ2) is 8.03. The van der Waals surface area contributed by atoms with Crippen LogP contribution in [0.3, 0.4) is 0 Å². The summed E-state index contributed by atoms with van der Waals surface area (Å²) in [4.78, 5) is 0. The van der Waals surface area contributed by atoms with E-state index in [1.807, 2.05) is 24.3 Å². The van der Waals surface area contributed by atoms with Crippen molar-refractivity contribution in [1.29, 1.82) is 0 Å². The molecule has 0 atom stereocenters. The SMILES string of the molecule is CCCCOc1ccc(OCCCC)cc1. The lowest BCUT2D eigenvalue weighted by Crippen LogP contribution is -1.98. The average Bonchev–Trinajstić information content (AvgIpc) is 2.32. The first kappa shape index (κ1) is 12.9. The highest BCUT2D eigenvalue weighted by atomic mass is 16.5. The molecule has 0 bridgehead atoms. The van der Waals surface area contributed by atoms with Gasteiger partial charge in [-0.25, -0.2) is 0 Å². The van der Waals surface area contributed by atoms with E-state index in [4.69, 9.17) is 9.47 Å². The van der Waals surface area contributed by atoms with Crippen LogP contribution in [0.4, 0.5) is 0 Å². The minimum Gasteiger partial charge on any atom is -0.494 e. The van der Waals surface area contributed by atoms with Crippen LogP contribution in [0, 0.1) is 0 Å². The van der Waals surface area contributed by atoms with Crippen LogP contribution in [0.5, 0.6) is 11.5 Å². The van der Waals surface area contributed by atoms with Crippen molar-refractivity contribution in [2.75, 3.05) is 13.2 Å². The third-order valence-electron chi connectivity index (χ3n) is 2.36. The van der Waals surface area contributed by atoms with Crippen LogP contribution < -0.4 is 9.47 Å². The first-order valence-corrected chi connectivity index (χ1v) is 6.22. The van der Waals surface area contributed by atoms with Crippen LogP contribution in [0.2, 0.25) is 0 Å². The molecule has 0 amide bonds. The van der Waals surface area contributed by atoms with Gasteiger partial charge in [0.2, 0.25) is 0 Å². The standard InChI is InChI=1S/C14H22O2/c1-3-5-11-15-13-7-9-14(10-8-13)16-12-6-4-2/h7-10H,3-6,11-12H2,1-2H3. The van der Waals surface area contributed by atoms with E-state index in [2.05, 4.69) is 13.8 Å². The van der Waals surface area contributed by atoms with Gasteiger partial charge in [-0.1, -0.05) is 26.7 Å². The molecule has 16 heavy (non-hydrogen) atoms. The van der Waals surface area contributed by atoms with Gasteiger partial charge in [0, 0.05) is 0 Å². The third kappa shape index (κ3) is 5.06. The van der Waals surface area contributed by atoms with Crippen molar-refractivity contribution in [2.45, 2.75) is 39.5 Å². The van der Waals surface area contributed by atoms with Crippen LogP contribution in [0.1, 0.15) is 39.5 Å². The van der Waals surface area contributed by atoms with Crippen LogP contribution in [-0.2, 0) is 0 Å². The Balaban J connectivity index is 2.30. The molecule has 0 radical (unpaired) electrons. The molecule has 0 aliphatic carbocycles. The normalized spacial score (nSPS) is 10.1. The molecule has 0 unspecified atom stereocenters. The maximum absolute atomic E-state index is 5.57. The highest BCUT2D eigenvalue weighted by Gasteiger charge is 1.95. The molecule has 2 heteroatoms. The second-order valence-electron chi connectivity index (χ2n) is 3.88. The lowest BCUT2D eigenvalue weighted by Gasteiger charge is -2.07. The Bertz CT molecular complexity index is 238. The molecule has 90 valence electrons. The summed E-state index contributed by atoms with van der Waals surface area (Å²) in [6.45, 7) is 5.92. The van der Waals surface area contributed by atoms with Crippen molar-refractivity contribution in [1.82, 2.24) is 0 Å². The van der Waals surface area contributed by atoms with Crippen LogP contribution >= 0.6 is 0 Å². The Morgan fingerprint density at radius 1 is 0.750 bits per heavy atom. The molecule has 0 saturated carbocycles. The first-order chi connectivity index (χ1) is 7.86. The quantitative estimate of drug-likeness (QED) is 0.618. The fourth-order valence-corrected chi connectivity index (χ4v) is 1.30. The highest BCUT2D eigenvalue weighted by molar-refractivity contribution is 5.31. The molecule has 0 aromatic heterocycles. The van der Waals surface area contributed by atoms with E-state index in [9.17, 15) is 0 Å². The minimum atomic E-state index is 0.798. The van der Waals surface area contributed by atoms with E-state index in [1.165, 1.54) is 0 Å². The summed E-state index contributed by atoms with van der Waals surface area (Å²) in [7, 11) is 0. The molecule has 1 aromatic rings. The van der Waals surface area contributed by atoms with Crippen molar-refractivity contribution < 1.29 is 9.47 Å². The van der Waals surface area contributed by atoms with E-state index in [1.54, 1.807) is 0 Å². The van der Waals surface area contributed by atoms with E-state index < -0.39 is 0 Å². The summed E-state index contributed by atoms with van der Waals surface area (Å²) in [5, 5.41) is 0. The smallest absolute Gasteiger partial charge is 0.119 e. The van der Waals surface area contributed by atoms with Crippen LogP contribution in [-0.4, -0.2) is 13.2 Å². The summed E-state index contributed by atoms with van der Waals surface area (Å²) in [6, 6.07) is 7.88. The zero-order chi connectivity index (χ0) is 11.6. The summed E-state index contributed by atoms with van der Waals surface area (Å²) in [5.74, 6) is 1.85. The van der Waals surface area contributed by atoms with E-state index in [0.717, 1.165) is 50.4 Å². The lowest BCUT2D eigenvalue weighted by atomic mass is 10.3. The van der Waals surface area contributed by atoms with Gasteiger partial charge in [0.15, 0.2) is 0 Å². The summed E-state index contributed by atoms with van der Waals surface area (Å²) in [6.07, 6.45) is 4.54. The van der Waals surface area contributed by atoms with Crippen molar-refractivity contribution in [3.8, 4) is 11.5 Å². The fraction of sp³-hybridized carbons (Fsp3) is 0.571. The maximum atomic E-state index is 5.57. The number of benzene rings is 1. The molecule has 1 aromatic carbocycles. The van der Waals surface area contributed by atoms with Crippen molar-refractivity contribution in [2.24, 2.45) is 0 Å². The lowest BCUT2D eigenvalue weighted by molar-refractivity contribution is 0.301. The van der Waals surface area contributed by atoms with Gasteiger partial charge >= 0.3 is 0 Å². The van der Waals surface area contributed by atoms with Gasteiger partial charge < -0.3 is 9.47 Å². The van der Waals surface area contributed by atoms with Gasteiger partial charge in [0.05, 0.1) is 13.2 Å². The van der Waals surface area contributed by atoms with Gasteiger partial charge in [0.25, 0.3) is 0 Å². The zero-order valence-corrected chi connectivity index (χ0v) is 10.4. The minimum absolute atomic E-state index is 0.798. The predicted octanol–water partition coefficient (Wildman–Crippen LogP) is 4.04. The number of unbranched alkanes of at least 4 members (excludes halogenated alkanes) is 2. The molecular weight excluding hydrogens is 200 g/mol. The van der Waals surface area contributed by atoms with Gasteiger partial charge in [0.1, 0.15) is 11.5 Å². The Morgan fingerprint density at radius 2 is 1.12 bits per heavy atom.